The molecular weight excluding hydrogens is 308 g/mol. The summed E-state index contributed by atoms with van der Waals surface area (Å²) in [5.74, 6) is 1.84. The summed E-state index contributed by atoms with van der Waals surface area (Å²) in [5.41, 5.74) is 1.55. The van der Waals surface area contributed by atoms with Crippen LogP contribution in [0.3, 0.4) is 0 Å². The van der Waals surface area contributed by atoms with Gasteiger partial charge in [-0.3, -0.25) is 0 Å². The number of hydrogen-bond donors (Lipinski definition) is 0. The molecule has 1 aliphatic rings. The van der Waals surface area contributed by atoms with E-state index in [0.717, 1.165) is 11.8 Å². The number of rotatable bonds is 5. The molecule has 0 radical (unpaired) electrons. The normalized spacial score (nSPS) is 22.8. The van der Waals surface area contributed by atoms with Crippen molar-refractivity contribution in [3.63, 3.8) is 0 Å². The van der Waals surface area contributed by atoms with E-state index in [-0.39, 0.29) is 25.9 Å². The summed E-state index contributed by atoms with van der Waals surface area (Å²) >= 11 is 3.51. The van der Waals surface area contributed by atoms with Gasteiger partial charge in [0.05, 0.1) is 0 Å². The molecule has 1 aliphatic carbocycles. The fraction of sp³-hybridized carbons (Fsp3) is 0.647. The van der Waals surface area contributed by atoms with E-state index in [1.807, 2.05) is 0 Å². The molecule has 0 aromatic heterocycles. The Kier molecular flexibility index (Phi) is 8.68. The van der Waals surface area contributed by atoms with Crippen LogP contribution >= 0.6 is 15.9 Å². The molecule has 2 rings (SSSR count). The SMILES string of the molecule is CCCCCC1CCC(c2ccc(Br)cc2)CC1.[H-].[H-].[Mg+2]. The van der Waals surface area contributed by atoms with E-state index in [1.165, 1.54) is 55.8 Å². The van der Waals surface area contributed by atoms with E-state index >= 15 is 0 Å². The van der Waals surface area contributed by atoms with E-state index in [1.54, 1.807) is 5.56 Å². The second kappa shape index (κ2) is 9.41. The van der Waals surface area contributed by atoms with Crippen molar-refractivity contribution in [3.8, 4) is 0 Å². The molecule has 0 unspecified atom stereocenters. The van der Waals surface area contributed by atoms with E-state index in [9.17, 15) is 0 Å². The van der Waals surface area contributed by atoms with Crippen LogP contribution in [-0.4, -0.2) is 23.1 Å². The second-order valence-corrected chi connectivity index (χ2v) is 6.68. The first-order chi connectivity index (χ1) is 8.79. The minimum Gasteiger partial charge on any atom is -1.00 e. The topological polar surface area (TPSA) is 0 Å². The van der Waals surface area contributed by atoms with Crippen molar-refractivity contribution in [3.05, 3.63) is 34.3 Å². The standard InChI is InChI=1S/C17H25Br.Mg.2H/c1-2-3-4-5-14-6-8-15(9-7-14)16-10-12-17(18)13-11-16;;;/h10-15H,2-9H2,1H3;;;/q;+2;2*-1. The van der Waals surface area contributed by atoms with Crippen molar-refractivity contribution >= 4 is 39.0 Å². The predicted molar refractivity (Wildman–Crippen MR) is 91.0 cm³/mol. The first-order valence-electron chi connectivity index (χ1n) is 7.55. The minimum atomic E-state index is 0. The molecule has 1 aromatic rings. The molecule has 0 nitrogen and oxygen atoms in total. The largest absolute Gasteiger partial charge is 2.00 e. The maximum Gasteiger partial charge on any atom is 2.00 e. The van der Waals surface area contributed by atoms with Gasteiger partial charge < -0.3 is 2.85 Å². The van der Waals surface area contributed by atoms with Crippen molar-refractivity contribution in [2.24, 2.45) is 5.92 Å². The molecule has 2 heteroatoms. The molecule has 1 fully saturated rings. The van der Waals surface area contributed by atoms with E-state index < -0.39 is 0 Å². The molecule has 0 bridgehead atoms. The van der Waals surface area contributed by atoms with Gasteiger partial charge in [0.1, 0.15) is 0 Å². The van der Waals surface area contributed by atoms with Crippen LogP contribution in [0, 0.1) is 5.92 Å². The van der Waals surface area contributed by atoms with Gasteiger partial charge in [0.25, 0.3) is 0 Å². The molecule has 1 saturated carbocycles. The van der Waals surface area contributed by atoms with Crippen LogP contribution in [-0.2, 0) is 0 Å². The van der Waals surface area contributed by atoms with Crippen LogP contribution in [0.2, 0.25) is 0 Å². The quantitative estimate of drug-likeness (QED) is 0.447. The Hall–Kier alpha value is 0.466. The average molecular weight is 336 g/mol. The van der Waals surface area contributed by atoms with Crippen LogP contribution in [0.4, 0.5) is 0 Å². The van der Waals surface area contributed by atoms with Crippen molar-refractivity contribution < 1.29 is 2.85 Å². The molecule has 0 atom stereocenters. The first-order valence-corrected chi connectivity index (χ1v) is 8.34. The second-order valence-electron chi connectivity index (χ2n) is 5.76. The van der Waals surface area contributed by atoms with Gasteiger partial charge in [-0.1, -0.05) is 60.7 Å². The maximum atomic E-state index is 3.51. The Morgan fingerprint density at radius 2 is 1.68 bits per heavy atom. The predicted octanol–water partition coefficient (Wildman–Crippen LogP) is 6.15. The van der Waals surface area contributed by atoms with Gasteiger partial charge >= 0.3 is 23.1 Å². The summed E-state index contributed by atoms with van der Waals surface area (Å²) in [6.07, 6.45) is 11.4. The molecule has 0 heterocycles. The summed E-state index contributed by atoms with van der Waals surface area (Å²) in [6, 6.07) is 8.96. The van der Waals surface area contributed by atoms with Crippen molar-refractivity contribution in [2.45, 2.75) is 64.2 Å². The Balaban J connectivity index is 0. The summed E-state index contributed by atoms with van der Waals surface area (Å²) < 4.78 is 1.19. The van der Waals surface area contributed by atoms with Gasteiger partial charge in [0.2, 0.25) is 0 Å². The average Bonchev–Trinajstić information content (AvgIpc) is 2.41. The fourth-order valence-electron chi connectivity index (χ4n) is 3.20. The van der Waals surface area contributed by atoms with Crippen LogP contribution in [0.1, 0.15) is 72.6 Å². The van der Waals surface area contributed by atoms with Crippen LogP contribution in [0.5, 0.6) is 0 Å². The van der Waals surface area contributed by atoms with E-state index in [0.29, 0.717) is 0 Å². The summed E-state index contributed by atoms with van der Waals surface area (Å²) in [4.78, 5) is 0. The molecule has 0 aliphatic heterocycles. The Morgan fingerprint density at radius 3 is 2.26 bits per heavy atom. The van der Waals surface area contributed by atoms with Gasteiger partial charge in [-0.15, -0.1) is 0 Å². The van der Waals surface area contributed by atoms with Crippen molar-refractivity contribution in [1.82, 2.24) is 0 Å². The van der Waals surface area contributed by atoms with E-state index in [2.05, 4.69) is 47.1 Å². The zero-order valence-corrected chi connectivity index (χ0v) is 15.2. The number of benzene rings is 1. The van der Waals surface area contributed by atoms with Crippen LogP contribution in [0.25, 0.3) is 0 Å². The Labute approximate surface area is 146 Å². The minimum absolute atomic E-state index is 0. The molecule has 0 N–H and O–H groups in total. The third-order valence-corrected chi connectivity index (χ3v) is 4.93. The zero-order valence-electron chi connectivity index (χ0n) is 14.2. The Morgan fingerprint density at radius 1 is 1.05 bits per heavy atom. The monoisotopic (exact) mass is 334 g/mol. The van der Waals surface area contributed by atoms with Crippen LogP contribution < -0.4 is 0 Å². The molecule has 1 aromatic carbocycles. The summed E-state index contributed by atoms with van der Waals surface area (Å²) in [6.45, 7) is 2.30. The van der Waals surface area contributed by atoms with Gasteiger partial charge in [-0.2, -0.15) is 0 Å². The zero-order chi connectivity index (χ0) is 12.8. The number of halogens is 1. The van der Waals surface area contributed by atoms with Gasteiger partial charge in [0, 0.05) is 4.47 Å². The van der Waals surface area contributed by atoms with E-state index in [4.69, 9.17) is 0 Å². The molecule has 0 saturated heterocycles. The van der Waals surface area contributed by atoms with Crippen molar-refractivity contribution in [1.29, 1.82) is 0 Å². The van der Waals surface area contributed by atoms with Gasteiger partial charge in [0.15, 0.2) is 0 Å². The van der Waals surface area contributed by atoms with Gasteiger partial charge in [-0.05, 0) is 55.2 Å². The molecular formula is C17H27BrMg. The maximum absolute atomic E-state index is 3.51. The Bertz CT molecular complexity index is 348. The third-order valence-electron chi connectivity index (χ3n) is 4.40. The fourth-order valence-corrected chi connectivity index (χ4v) is 3.47. The smallest absolute Gasteiger partial charge is 1.00 e. The van der Waals surface area contributed by atoms with Crippen LogP contribution in [0.15, 0.2) is 28.7 Å². The molecule has 19 heavy (non-hydrogen) atoms. The molecule has 104 valence electrons. The molecule has 0 amide bonds. The van der Waals surface area contributed by atoms with Crippen molar-refractivity contribution in [2.75, 3.05) is 0 Å². The number of hydrogen-bond acceptors (Lipinski definition) is 0. The summed E-state index contributed by atoms with van der Waals surface area (Å²) in [5, 5.41) is 0. The first kappa shape index (κ1) is 17.5. The summed E-state index contributed by atoms with van der Waals surface area (Å²) in [7, 11) is 0. The molecule has 0 spiro atoms. The number of unbranched alkanes of at least 4 members (excludes halogenated alkanes) is 2. The third kappa shape index (κ3) is 5.77. The van der Waals surface area contributed by atoms with Gasteiger partial charge in [-0.25, -0.2) is 0 Å².